The molecule has 1 amide bonds. The van der Waals surface area contributed by atoms with Gasteiger partial charge in [-0.25, -0.2) is 8.78 Å². The maximum atomic E-state index is 13.7. The van der Waals surface area contributed by atoms with Gasteiger partial charge in [0.1, 0.15) is 11.6 Å². The van der Waals surface area contributed by atoms with Gasteiger partial charge in [0.05, 0.1) is 6.54 Å². The molecule has 0 aliphatic rings. The van der Waals surface area contributed by atoms with Crippen LogP contribution in [0.25, 0.3) is 0 Å². The van der Waals surface area contributed by atoms with Crippen LogP contribution >= 0.6 is 34.8 Å². The Morgan fingerprint density at radius 1 is 0.917 bits per heavy atom. The monoisotopic (exact) mass is 557 g/mol. The molecule has 0 aliphatic carbocycles. The molecule has 0 bridgehead atoms. The van der Waals surface area contributed by atoms with Gasteiger partial charge in [0, 0.05) is 27.9 Å². The molecular formula is C24H14Cl3F4N3O2. The lowest BCUT2D eigenvalue weighted by Crippen LogP contribution is -2.13. The van der Waals surface area contributed by atoms with E-state index in [4.69, 9.17) is 39.5 Å². The first-order chi connectivity index (χ1) is 17.1. The van der Waals surface area contributed by atoms with Crippen LogP contribution in [-0.2, 0) is 13.2 Å². The topological polar surface area (TPSA) is 56.2 Å². The fourth-order valence-electron chi connectivity index (χ4n) is 3.15. The van der Waals surface area contributed by atoms with E-state index in [0.29, 0.717) is 15.6 Å². The fraction of sp³-hybridized carbons (Fsp3) is 0.0833. The minimum absolute atomic E-state index is 0.0903. The standard InChI is InChI=1S/C24H14Cl3F4N3O2/c25-15-6-5-14(16(26)7-15)9-34-10-17(27)23(33-34)32-24(35)13-3-1-12(2-4-13)11-36-22-20(30)18(28)8-19(29)21(22)31/h1-8,10H,9,11H2,(H,32,33,35). The van der Waals surface area contributed by atoms with Crippen LogP contribution in [0.3, 0.4) is 0 Å². The van der Waals surface area contributed by atoms with E-state index in [1.165, 1.54) is 35.1 Å². The normalized spacial score (nSPS) is 11.0. The molecule has 1 heterocycles. The summed E-state index contributed by atoms with van der Waals surface area (Å²) in [5.74, 6) is -8.00. The summed E-state index contributed by atoms with van der Waals surface area (Å²) in [5.41, 5.74) is 1.35. The summed E-state index contributed by atoms with van der Waals surface area (Å²) in [6, 6.07) is 10.9. The molecule has 1 aromatic heterocycles. The second-order valence-corrected chi connectivity index (χ2v) is 8.75. The second kappa shape index (κ2) is 10.8. The highest BCUT2D eigenvalue weighted by atomic mass is 35.5. The smallest absolute Gasteiger partial charge is 0.256 e. The molecule has 0 saturated heterocycles. The summed E-state index contributed by atoms with van der Waals surface area (Å²) in [5, 5.41) is 7.99. The van der Waals surface area contributed by atoms with Crippen molar-refractivity contribution in [3.05, 3.63) is 110 Å². The fourth-order valence-corrected chi connectivity index (χ4v) is 3.82. The van der Waals surface area contributed by atoms with Crippen molar-refractivity contribution in [1.82, 2.24) is 9.78 Å². The number of hydrogen-bond acceptors (Lipinski definition) is 3. The molecule has 186 valence electrons. The number of rotatable bonds is 7. The van der Waals surface area contributed by atoms with Gasteiger partial charge in [0.2, 0.25) is 11.6 Å². The molecule has 4 aromatic rings. The number of nitrogens with one attached hydrogen (secondary N) is 1. The zero-order chi connectivity index (χ0) is 26.0. The van der Waals surface area contributed by atoms with Crippen LogP contribution in [0.5, 0.6) is 5.75 Å². The number of aromatic nitrogens is 2. The summed E-state index contributed by atoms with van der Waals surface area (Å²) in [6.07, 6.45) is 1.52. The van der Waals surface area contributed by atoms with Crippen molar-refractivity contribution in [2.75, 3.05) is 5.32 Å². The van der Waals surface area contributed by atoms with Crippen LogP contribution < -0.4 is 10.1 Å². The van der Waals surface area contributed by atoms with Gasteiger partial charge in [-0.2, -0.15) is 13.9 Å². The van der Waals surface area contributed by atoms with E-state index in [-0.39, 0.29) is 29.0 Å². The predicted octanol–water partition coefficient (Wildman–Crippen LogP) is 7.28. The Bertz CT molecular complexity index is 1420. The lowest BCUT2D eigenvalue weighted by Gasteiger charge is -2.10. The summed E-state index contributed by atoms with van der Waals surface area (Å²) >= 11 is 18.3. The van der Waals surface area contributed by atoms with E-state index < -0.39 is 41.5 Å². The van der Waals surface area contributed by atoms with Crippen LogP contribution in [0, 0.1) is 23.3 Å². The predicted molar refractivity (Wildman–Crippen MR) is 128 cm³/mol. The van der Waals surface area contributed by atoms with E-state index in [2.05, 4.69) is 10.4 Å². The van der Waals surface area contributed by atoms with Crippen molar-refractivity contribution in [1.29, 1.82) is 0 Å². The lowest BCUT2D eigenvalue weighted by atomic mass is 10.1. The van der Waals surface area contributed by atoms with Crippen LogP contribution in [0.15, 0.2) is 54.7 Å². The zero-order valence-corrected chi connectivity index (χ0v) is 20.2. The van der Waals surface area contributed by atoms with Crippen molar-refractivity contribution >= 4 is 46.5 Å². The number of ether oxygens (including phenoxy) is 1. The van der Waals surface area contributed by atoms with Crippen molar-refractivity contribution in [2.45, 2.75) is 13.2 Å². The molecule has 4 rings (SSSR count). The highest BCUT2D eigenvalue weighted by Gasteiger charge is 2.21. The quantitative estimate of drug-likeness (QED) is 0.192. The Labute approximate surface area is 217 Å². The van der Waals surface area contributed by atoms with Gasteiger partial charge >= 0.3 is 0 Å². The molecule has 12 heteroatoms. The van der Waals surface area contributed by atoms with Gasteiger partial charge in [-0.15, -0.1) is 0 Å². The molecule has 36 heavy (non-hydrogen) atoms. The highest BCUT2D eigenvalue weighted by Crippen LogP contribution is 2.28. The number of nitrogens with zero attached hydrogens (tertiary/aromatic N) is 2. The molecule has 0 fully saturated rings. The Kier molecular flexibility index (Phi) is 7.73. The lowest BCUT2D eigenvalue weighted by molar-refractivity contribution is 0.102. The van der Waals surface area contributed by atoms with E-state index in [9.17, 15) is 22.4 Å². The number of carbonyl (C=O) groups excluding carboxylic acids is 1. The van der Waals surface area contributed by atoms with Crippen molar-refractivity contribution < 1.29 is 27.1 Å². The summed E-state index contributed by atoms with van der Waals surface area (Å²) < 4.78 is 60.5. The zero-order valence-electron chi connectivity index (χ0n) is 18.0. The number of benzene rings is 3. The molecule has 5 nitrogen and oxygen atoms in total. The third kappa shape index (κ3) is 5.75. The van der Waals surface area contributed by atoms with Gasteiger partial charge < -0.3 is 10.1 Å². The van der Waals surface area contributed by atoms with Gasteiger partial charge in [-0.05, 0) is 35.4 Å². The molecular weight excluding hydrogens is 545 g/mol. The maximum Gasteiger partial charge on any atom is 0.256 e. The second-order valence-electron chi connectivity index (χ2n) is 7.50. The first-order valence-corrected chi connectivity index (χ1v) is 11.3. The van der Waals surface area contributed by atoms with Crippen molar-refractivity contribution in [3.8, 4) is 5.75 Å². The Morgan fingerprint density at radius 2 is 1.58 bits per heavy atom. The van der Waals surface area contributed by atoms with Gasteiger partial charge in [-0.3, -0.25) is 9.48 Å². The first-order valence-electron chi connectivity index (χ1n) is 10.2. The average molecular weight is 559 g/mol. The number of anilines is 1. The molecule has 1 N–H and O–H groups in total. The van der Waals surface area contributed by atoms with E-state index >= 15 is 0 Å². The molecule has 0 atom stereocenters. The number of amides is 1. The largest absolute Gasteiger partial charge is 0.483 e. The third-order valence-corrected chi connectivity index (χ3v) is 5.83. The number of carbonyl (C=O) groups is 1. The third-order valence-electron chi connectivity index (χ3n) is 4.97. The average Bonchev–Trinajstić information content (AvgIpc) is 3.18. The number of hydrogen-bond donors (Lipinski definition) is 1. The van der Waals surface area contributed by atoms with Crippen LogP contribution in [0.1, 0.15) is 21.5 Å². The Hall–Kier alpha value is -3.27. The van der Waals surface area contributed by atoms with Gasteiger partial charge in [0.25, 0.3) is 5.91 Å². The molecule has 0 spiro atoms. The van der Waals surface area contributed by atoms with Crippen LogP contribution in [0.2, 0.25) is 15.1 Å². The van der Waals surface area contributed by atoms with Gasteiger partial charge in [0.15, 0.2) is 23.2 Å². The maximum absolute atomic E-state index is 13.7. The molecule has 0 saturated carbocycles. The van der Waals surface area contributed by atoms with Crippen molar-refractivity contribution in [2.24, 2.45) is 0 Å². The summed E-state index contributed by atoms with van der Waals surface area (Å²) in [6.45, 7) is -0.112. The minimum atomic E-state index is -1.64. The van der Waals surface area contributed by atoms with Crippen molar-refractivity contribution in [3.63, 3.8) is 0 Å². The summed E-state index contributed by atoms with van der Waals surface area (Å²) in [7, 11) is 0. The SMILES string of the molecule is O=C(Nc1nn(Cc2ccc(Cl)cc2Cl)cc1Cl)c1ccc(COc2c(F)c(F)cc(F)c2F)cc1. The Balaban J connectivity index is 1.40. The van der Waals surface area contributed by atoms with E-state index in [1.807, 2.05) is 0 Å². The van der Waals surface area contributed by atoms with Crippen LogP contribution in [0.4, 0.5) is 23.4 Å². The minimum Gasteiger partial charge on any atom is -0.483 e. The molecule has 0 aliphatic heterocycles. The van der Waals surface area contributed by atoms with E-state index in [1.54, 1.807) is 18.2 Å². The molecule has 0 radical (unpaired) electrons. The summed E-state index contributed by atoms with van der Waals surface area (Å²) in [4.78, 5) is 12.6. The molecule has 3 aromatic carbocycles. The Morgan fingerprint density at radius 3 is 2.22 bits per heavy atom. The van der Waals surface area contributed by atoms with Gasteiger partial charge in [-0.1, -0.05) is 53.0 Å². The van der Waals surface area contributed by atoms with E-state index in [0.717, 1.165) is 5.56 Å². The first kappa shape index (κ1) is 25.8. The number of halogens is 7. The highest BCUT2D eigenvalue weighted by molar-refractivity contribution is 6.35. The molecule has 0 unspecified atom stereocenters. The van der Waals surface area contributed by atoms with Crippen LogP contribution in [-0.4, -0.2) is 15.7 Å².